The summed E-state index contributed by atoms with van der Waals surface area (Å²) >= 11 is 13.0. The molecule has 0 aliphatic heterocycles. The molecule has 0 spiro atoms. The van der Waals surface area contributed by atoms with Crippen LogP contribution >= 0.6 is 23.2 Å². The van der Waals surface area contributed by atoms with Crippen LogP contribution in [0.25, 0.3) is 0 Å². The van der Waals surface area contributed by atoms with E-state index in [1.54, 1.807) is 42.5 Å². The highest BCUT2D eigenvalue weighted by Crippen LogP contribution is 2.32. The van der Waals surface area contributed by atoms with E-state index in [2.05, 4.69) is 5.32 Å². The number of carbonyl (C=O) groups is 2. The van der Waals surface area contributed by atoms with Gasteiger partial charge < -0.3 is 15.0 Å². The van der Waals surface area contributed by atoms with E-state index in [-0.39, 0.29) is 34.5 Å². The van der Waals surface area contributed by atoms with Crippen molar-refractivity contribution in [1.82, 2.24) is 10.2 Å². The molecule has 46 heavy (non-hydrogen) atoms. The zero-order chi connectivity index (χ0) is 33.1. The Labute approximate surface area is 280 Å². The minimum Gasteiger partial charge on any atom is -0.495 e. The van der Waals surface area contributed by atoms with Crippen LogP contribution in [0.2, 0.25) is 10.0 Å². The number of benzene rings is 4. The summed E-state index contributed by atoms with van der Waals surface area (Å²) in [5.74, 6) is -0.596. The van der Waals surface area contributed by atoms with Crippen molar-refractivity contribution in [1.29, 1.82) is 0 Å². The van der Waals surface area contributed by atoms with Gasteiger partial charge in [0.1, 0.15) is 18.3 Å². The molecule has 0 aromatic heterocycles. The van der Waals surface area contributed by atoms with Crippen LogP contribution in [-0.2, 0) is 32.6 Å². The van der Waals surface area contributed by atoms with Crippen molar-refractivity contribution >= 4 is 50.7 Å². The van der Waals surface area contributed by atoms with Gasteiger partial charge in [-0.15, -0.1) is 0 Å². The second kappa shape index (κ2) is 16.5. The van der Waals surface area contributed by atoms with Crippen LogP contribution in [0, 0.1) is 0 Å². The van der Waals surface area contributed by atoms with E-state index in [9.17, 15) is 18.0 Å². The van der Waals surface area contributed by atoms with E-state index in [4.69, 9.17) is 27.9 Å². The summed E-state index contributed by atoms with van der Waals surface area (Å²) < 4.78 is 34.5. The van der Waals surface area contributed by atoms with Crippen molar-refractivity contribution < 1.29 is 22.7 Å². The SMILES string of the molecule is CCCCNC(=O)[C@H](Cc1ccccc1)N(Cc1ccccc1Cl)C(=O)CN(c1ccc(OC)c(Cl)c1)S(=O)(=O)c1ccccc1. The average Bonchev–Trinajstić information content (AvgIpc) is 3.06. The Balaban J connectivity index is 1.81. The number of carbonyl (C=O) groups excluding carboxylic acids is 2. The molecule has 0 fully saturated rings. The second-order valence-electron chi connectivity index (χ2n) is 10.6. The number of ether oxygens (including phenoxy) is 1. The van der Waals surface area contributed by atoms with Crippen molar-refractivity contribution in [3.05, 3.63) is 124 Å². The van der Waals surface area contributed by atoms with Gasteiger partial charge in [0, 0.05) is 24.5 Å². The van der Waals surface area contributed by atoms with Gasteiger partial charge in [0.2, 0.25) is 11.8 Å². The van der Waals surface area contributed by atoms with E-state index in [0.29, 0.717) is 22.9 Å². The van der Waals surface area contributed by atoms with Crippen LogP contribution < -0.4 is 14.4 Å². The third kappa shape index (κ3) is 8.81. The fourth-order valence-electron chi connectivity index (χ4n) is 4.93. The van der Waals surface area contributed by atoms with Crippen molar-refractivity contribution in [2.24, 2.45) is 0 Å². The van der Waals surface area contributed by atoms with Gasteiger partial charge in [-0.05, 0) is 53.9 Å². The first-order valence-electron chi connectivity index (χ1n) is 14.9. The maximum absolute atomic E-state index is 14.5. The van der Waals surface area contributed by atoms with Crippen LogP contribution in [-0.4, -0.2) is 51.4 Å². The van der Waals surface area contributed by atoms with E-state index >= 15 is 0 Å². The molecule has 4 aromatic rings. The molecule has 242 valence electrons. The maximum Gasteiger partial charge on any atom is 0.264 e. The van der Waals surface area contributed by atoms with Crippen molar-refractivity contribution in [2.45, 2.75) is 43.7 Å². The van der Waals surface area contributed by atoms with Gasteiger partial charge in [-0.1, -0.05) is 103 Å². The van der Waals surface area contributed by atoms with Crippen LogP contribution in [0.5, 0.6) is 5.75 Å². The third-order valence-corrected chi connectivity index (χ3v) is 9.88. The Hall–Kier alpha value is -4.05. The summed E-state index contributed by atoms with van der Waals surface area (Å²) in [6, 6.07) is 27.8. The monoisotopic (exact) mass is 681 g/mol. The molecule has 0 radical (unpaired) electrons. The van der Waals surface area contributed by atoms with E-state index in [0.717, 1.165) is 22.7 Å². The molecule has 0 aliphatic rings. The summed E-state index contributed by atoms with van der Waals surface area (Å²) in [6.45, 7) is 1.82. The van der Waals surface area contributed by atoms with Gasteiger partial charge in [-0.3, -0.25) is 13.9 Å². The number of unbranched alkanes of at least 4 members (excludes halogenated alkanes) is 1. The fraction of sp³-hybridized carbons (Fsp3) is 0.257. The Bertz CT molecular complexity index is 1720. The lowest BCUT2D eigenvalue weighted by atomic mass is 10.0. The number of hydrogen-bond donors (Lipinski definition) is 1. The fourth-order valence-corrected chi connectivity index (χ4v) is 6.80. The molecule has 1 atom stereocenters. The minimum atomic E-state index is -4.26. The van der Waals surface area contributed by atoms with Crippen LogP contribution in [0.4, 0.5) is 5.69 Å². The second-order valence-corrected chi connectivity index (χ2v) is 13.3. The summed E-state index contributed by atoms with van der Waals surface area (Å²) in [5, 5.41) is 3.56. The van der Waals surface area contributed by atoms with E-state index < -0.39 is 28.5 Å². The molecule has 11 heteroatoms. The Morgan fingerprint density at radius 2 is 1.52 bits per heavy atom. The number of methoxy groups -OCH3 is 1. The number of nitrogens with zero attached hydrogens (tertiary/aromatic N) is 2. The van der Waals surface area contributed by atoms with Gasteiger partial charge >= 0.3 is 0 Å². The predicted molar refractivity (Wildman–Crippen MR) is 183 cm³/mol. The van der Waals surface area contributed by atoms with Crippen LogP contribution in [0.1, 0.15) is 30.9 Å². The first kappa shape index (κ1) is 34.8. The van der Waals surface area contributed by atoms with Gasteiger partial charge in [0.25, 0.3) is 10.0 Å². The zero-order valence-electron chi connectivity index (χ0n) is 25.7. The Morgan fingerprint density at radius 3 is 2.15 bits per heavy atom. The molecule has 4 aromatic carbocycles. The number of rotatable bonds is 15. The lowest BCUT2D eigenvalue weighted by molar-refractivity contribution is -0.140. The molecule has 0 saturated carbocycles. The van der Waals surface area contributed by atoms with Gasteiger partial charge in [-0.2, -0.15) is 0 Å². The minimum absolute atomic E-state index is 0.00876. The molecule has 4 rings (SSSR count). The number of hydrogen-bond acceptors (Lipinski definition) is 5. The summed E-state index contributed by atoms with van der Waals surface area (Å²) in [6.07, 6.45) is 1.85. The number of sulfonamides is 1. The standard InChI is InChI=1S/C35H37Cl2N3O5S/c1-3-4-21-38-35(42)32(22-26-13-7-5-8-14-26)39(24-27-15-11-12-18-30(27)36)34(41)25-40(28-19-20-33(45-2)31(37)23-28)46(43,44)29-16-9-6-10-17-29/h5-20,23,32H,3-4,21-22,24-25H2,1-2H3,(H,38,42)/t32-/m0/s1. The Morgan fingerprint density at radius 1 is 0.870 bits per heavy atom. The highest BCUT2D eigenvalue weighted by atomic mass is 35.5. The number of halogens is 2. The molecule has 0 heterocycles. The number of anilines is 1. The normalized spacial score (nSPS) is 11.8. The van der Waals surface area contributed by atoms with Crippen molar-refractivity contribution in [2.75, 3.05) is 24.5 Å². The lowest BCUT2D eigenvalue weighted by Gasteiger charge is -2.34. The molecule has 1 N–H and O–H groups in total. The molecular formula is C35H37Cl2N3O5S. The smallest absolute Gasteiger partial charge is 0.264 e. The first-order chi connectivity index (χ1) is 22.1. The molecule has 0 unspecified atom stereocenters. The number of amides is 2. The molecule has 2 amide bonds. The van der Waals surface area contributed by atoms with Crippen LogP contribution in [0.3, 0.4) is 0 Å². The van der Waals surface area contributed by atoms with Crippen LogP contribution in [0.15, 0.2) is 108 Å². The lowest BCUT2D eigenvalue weighted by Crippen LogP contribution is -2.53. The Kier molecular flexibility index (Phi) is 12.5. The molecule has 0 saturated heterocycles. The van der Waals surface area contributed by atoms with Gasteiger partial charge in [0.05, 0.1) is 22.7 Å². The van der Waals surface area contributed by atoms with Gasteiger partial charge in [-0.25, -0.2) is 8.42 Å². The molecule has 8 nitrogen and oxygen atoms in total. The largest absolute Gasteiger partial charge is 0.495 e. The van der Waals surface area contributed by atoms with Crippen molar-refractivity contribution in [3.8, 4) is 5.75 Å². The van der Waals surface area contributed by atoms with E-state index in [1.807, 2.05) is 37.3 Å². The topological polar surface area (TPSA) is 96.0 Å². The summed E-state index contributed by atoms with van der Waals surface area (Å²) in [7, 11) is -2.81. The molecule has 0 aliphatic carbocycles. The highest BCUT2D eigenvalue weighted by molar-refractivity contribution is 7.92. The first-order valence-corrected chi connectivity index (χ1v) is 17.1. The van der Waals surface area contributed by atoms with Crippen molar-refractivity contribution in [3.63, 3.8) is 0 Å². The molecular weight excluding hydrogens is 645 g/mol. The zero-order valence-corrected chi connectivity index (χ0v) is 28.1. The average molecular weight is 683 g/mol. The summed E-state index contributed by atoms with van der Waals surface area (Å²) in [4.78, 5) is 29.8. The quantitative estimate of drug-likeness (QED) is 0.140. The highest BCUT2D eigenvalue weighted by Gasteiger charge is 2.35. The molecule has 0 bridgehead atoms. The predicted octanol–water partition coefficient (Wildman–Crippen LogP) is 6.75. The maximum atomic E-state index is 14.5. The van der Waals surface area contributed by atoms with Gasteiger partial charge in [0.15, 0.2) is 0 Å². The van der Waals surface area contributed by atoms with E-state index in [1.165, 1.54) is 42.3 Å². The summed E-state index contributed by atoms with van der Waals surface area (Å²) in [5.41, 5.74) is 1.61. The number of nitrogens with one attached hydrogen (secondary N) is 1. The third-order valence-electron chi connectivity index (χ3n) is 7.43.